The largest absolute Gasteiger partial charge is 0.452 e. The molecular weight excluding hydrogens is 761 g/mol. The van der Waals surface area contributed by atoms with Crippen LogP contribution < -0.4 is 9.47 Å². The van der Waals surface area contributed by atoms with Gasteiger partial charge in [0.15, 0.2) is 0 Å². The monoisotopic (exact) mass is 822 g/mol. The molecule has 6 aromatic rings. The van der Waals surface area contributed by atoms with Crippen molar-refractivity contribution < 1.29 is 9.47 Å². The van der Waals surface area contributed by atoms with Gasteiger partial charge in [0.25, 0.3) is 0 Å². The molecule has 6 heteroatoms. The Labute approximate surface area is 358 Å². The van der Waals surface area contributed by atoms with E-state index in [4.69, 9.17) is 31.2 Å². The normalized spacial score (nSPS) is 21.6. The number of hydrogen-bond acceptors (Lipinski definition) is 4. The molecule has 59 heavy (non-hydrogen) atoms. The summed E-state index contributed by atoms with van der Waals surface area (Å²) < 4.78 is 14.8. The molecule has 2 aliphatic rings. The molecule has 4 nitrogen and oxygen atoms in total. The first-order chi connectivity index (χ1) is 28.0. The lowest BCUT2D eigenvalue weighted by molar-refractivity contribution is -0.0811. The summed E-state index contributed by atoms with van der Waals surface area (Å²) in [6.45, 7) is 17.9. The Kier molecular flexibility index (Phi) is 11.5. The molecule has 1 fully saturated rings. The molecule has 308 valence electrons. The second kappa shape index (κ2) is 16.3. The van der Waals surface area contributed by atoms with Crippen molar-refractivity contribution in [2.45, 2.75) is 133 Å². The first kappa shape index (κ1) is 41.5. The molecule has 0 saturated heterocycles. The number of rotatable bonds is 2. The SMILES string of the molecule is C=S1Cc2cc(C(C)(C)C)cc(-c3ccc4ccccc4n3)c2OC(C)(C)Oc2c(cc(C(C)(C)C)cc2-c2ccc3ccccc3n2)CS(=C)C2CCCCCCC21. The molecule has 2 aromatic heterocycles. The second-order valence-corrected chi connectivity index (χ2v) is 23.3. The Morgan fingerprint density at radius 2 is 0.966 bits per heavy atom. The standard InChI is InChI=1S/C53H62N2O2S2/c1-51(2,3)39-29-37-33-58(9)47-23-13-11-12-14-24-48(47)59(10)34-38-30-40(52(4,5)6)32-42(46-28-26-36-20-16-18-22-44(36)55-46)50(38)57-53(7,8)56-49(37)41(31-39)45-27-25-35-19-15-17-21-43(35)54-45/h15-22,25-32,47-48H,9-14,23-24,33-34H2,1-8H3. The smallest absolute Gasteiger partial charge is 0.245 e. The van der Waals surface area contributed by atoms with Gasteiger partial charge >= 0.3 is 0 Å². The zero-order valence-electron chi connectivity index (χ0n) is 36.5. The zero-order chi connectivity index (χ0) is 41.7. The van der Waals surface area contributed by atoms with Gasteiger partial charge in [-0.2, -0.15) is 21.0 Å². The average molecular weight is 823 g/mol. The summed E-state index contributed by atoms with van der Waals surface area (Å²) in [5.41, 5.74) is 10.4. The average Bonchev–Trinajstić information content (AvgIpc) is 3.17. The summed E-state index contributed by atoms with van der Waals surface area (Å²) in [6, 6.07) is 34.8. The molecule has 1 aliphatic heterocycles. The van der Waals surface area contributed by atoms with Crippen LogP contribution in [-0.4, -0.2) is 38.0 Å². The maximum atomic E-state index is 7.41. The van der Waals surface area contributed by atoms with Gasteiger partial charge in [-0.15, -0.1) is 0 Å². The van der Waals surface area contributed by atoms with Crippen LogP contribution in [0.15, 0.2) is 97.1 Å². The highest BCUT2D eigenvalue weighted by Gasteiger charge is 2.34. The summed E-state index contributed by atoms with van der Waals surface area (Å²) in [4.78, 5) is 10.6. The fraction of sp³-hybridized carbons (Fsp3) is 0.396. The highest BCUT2D eigenvalue weighted by molar-refractivity contribution is 8.17. The predicted octanol–water partition coefficient (Wildman–Crippen LogP) is 14.4. The number of pyridine rings is 2. The van der Waals surface area contributed by atoms with Crippen molar-refractivity contribution in [3.63, 3.8) is 0 Å². The van der Waals surface area contributed by atoms with Crippen LogP contribution in [-0.2, 0) is 22.3 Å². The quantitative estimate of drug-likeness (QED) is 0.163. The third-order valence-electron chi connectivity index (χ3n) is 12.2. The van der Waals surface area contributed by atoms with Gasteiger partial charge in [0.2, 0.25) is 5.79 Å². The molecule has 3 heterocycles. The summed E-state index contributed by atoms with van der Waals surface area (Å²) in [5.74, 6) is 12.4. The minimum absolute atomic E-state index is 0.0956. The fourth-order valence-electron chi connectivity index (χ4n) is 8.82. The van der Waals surface area contributed by atoms with E-state index < -0.39 is 5.79 Å². The van der Waals surface area contributed by atoms with Gasteiger partial charge in [-0.3, -0.25) is 0 Å². The maximum Gasteiger partial charge on any atom is 0.245 e. The van der Waals surface area contributed by atoms with Crippen molar-refractivity contribution in [3.05, 3.63) is 119 Å². The Hall–Kier alpha value is -4.26. The molecule has 0 amide bonds. The molecule has 1 aliphatic carbocycles. The lowest BCUT2D eigenvalue weighted by Crippen LogP contribution is -2.36. The predicted molar refractivity (Wildman–Crippen MR) is 259 cm³/mol. The fourth-order valence-corrected chi connectivity index (χ4v) is 13.5. The van der Waals surface area contributed by atoms with Gasteiger partial charge in [0.1, 0.15) is 11.5 Å². The third-order valence-corrected chi connectivity index (χ3v) is 16.6. The van der Waals surface area contributed by atoms with E-state index in [0.717, 1.165) is 67.3 Å². The first-order valence-corrected chi connectivity index (χ1v) is 24.7. The van der Waals surface area contributed by atoms with Crippen LogP contribution in [0, 0.1) is 0 Å². The third kappa shape index (κ3) is 8.96. The molecule has 4 atom stereocenters. The Morgan fingerprint density at radius 1 is 0.559 bits per heavy atom. The number of fused-ring (bicyclic) bond motifs is 5. The molecule has 4 unspecified atom stereocenters. The van der Waals surface area contributed by atoms with E-state index in [1.54, 1.807) is 0 Å². The molecule has 1 saturated carbocycles. The van der Waals surface area contributed by atoms with Crippen LogP contribution in [0.3, 0.4) is 0 Å². The van der Waals surface area contributed by atoms with E-state index in [1.807, 2.05) is 0 Å². The van der Waals surface area contributed by atoms with Crippen molar-refractivity contribution >= 4 is 54.5 Å². The van der Waals surface area contributed by atoms with Crippen molar-refractivity contribution in [3.8, 4) is 34.0 Å². The van der Waals surface area contributed by atoms with Crippen molar-refractivity contribution in [1.82, 2.24) is 9.97 Å². The van der Waals surface area contributed by atoms with Gasteiger partial charge < -0.3 is 9.47 Å². The highest BCUT2D eigenvalue weighted by Crippen LogP contribution is 2.49. The number of para-hydroxylation sites is 2. The van der Waals surface area contributed by atoms with E-state index in [1.165, 1.54) is 60.8 Å². The van der Waals surface area contributed by atoms with E-state index in [9.17, 15) is 0 Å². The van der Waals surface area contributed by atoms with Gasteiger partial charge in [-0.1, -0.05) is 140 Å². The molecule has 0 bridgehead atoms. The summed E-state index contributed by atoms with van der Waals surface area (Å²) in [7, 11) is -0.358. The molecule has 0 N–H and O–H groups in total. The van der Waals surface area contributed by atoms with E-state index in [-0.39, 0.29) is 31.8 Å². The van der Waals surface area contributed by atoms with Gasteiger partial charge in [-0.25, -0.2) is 9.97 Å². The number of nitrogens with zero attached hydrogens (tertiary/aromatic N) is 2. The number of aromatic nitrogens is 2. The van der Waals surface area contributed by atoms with Crippen molar-refractivity contribution in [1.29, 1.82) is 0 Å². The Balaban J connectivity index is 1.39. The van der Waals surface area contributed by atoms with E-state index >= 15 is 0 Å². The number of benzene rings is 4. The van der Waals surface area contributed by atoms with Crippen LogP contribution in [0.5, 0.6) is 11.5 Å². The van der Waals surface area contributed by atoms with Gasteiger partial charge in [0, 0.05) is 68.9 Å². The summed E-state index contributed by atoms with van der Waals surface area (Å²) >= 11 is 0. The molecule has 4 aromatic carbocycles. The van der Waals surface area contributed by atoms with E-state index in [0.29, 0.717) is 10.5 Å². The van der Waals surface area contributed by atoms with Gasteiger partial charge in [-0.05, 0) is 71.2 Å². The minimum atomic E-state index is -1.08. The van der Waals surface area contributed by atoms with Crippen LogP contribution in [0.2, 0.25) is 0 Å². The van der Waals surface area contributed by atoms with Crippen LogP contribution >= 0.6 is 21.0 Å². The number of ether oxygens (including phenoxy) is 2. The number of hydrogen-bond donors (Lipinski definition) is 0. The van der Waals surface area contributed by atoms with Crippen LogP contribution in [0.1, 0.15) is 116 Å². The summed E-state index contributed by atoms with van der Waals surface area (Å²) in [6.07, 6.45) is 7.45. The summed E-state index contributed by atoms with van der Waals surface area (Å²) in [5, 5.41) is 3.17. The molecule has 0 radical (unpaired) electrons. The van der Waals surface area contributed by atoms with Crippen molar-refractivity contribution in [2.75, 3.05) is 0 Å². The zero-order valence-corrected chi connectivity index (χ0v) is 38.1. The minimum Gasteiger partial charge on any atom is -0.452 e. The Bertz CT molecular complexity index is 2400. The highest BCUT2D eigenvalue weighted by atomic mass is 32.2. The van der Waals surface area contributed by atoms with E-state index in [2.05, 4.69) is 152 Å². The van der Waals surface area contributed by atoms with Gasteiger partial charge in [0.05, 0.1) is 22.4 Å². The lowest BCUT2D eigenvalue weighted by atomic mass is 9.84. The van der Waals surface area contributed by atoms with Crippen molar-refractivity contribution in [2.24, 2.45) is 0 Å². The maximum absolute atomic E-state index is 7.41. The topological polar surface area (TPSA) is 44.2 Å². The van der Waals surface area contributed by atoms with Crippen LogP contribution in [0.4, 0.5) is 0 Å². The second-order valence-electron chi connectivity index (χ2n) is 19.3. The molecular formula is C53H62N2O2S2. The van der Waals surface area contributed by atoms with Crippen LogP contribution in [0.25, 0.3) is 44.3 Å². The lowest BCUT2D eigenvalue weighted by Gasteiger charge is -2.34. The Morgan fingerprint density at radius 3 is 1.37 bits per heavy atom. The molecule has 0 spiro atoms. The molecule has 8 rings (SSSR count). The first-order valence-electron chi connectivity index (χ1n) is 21.5.